The molecule has 0 bridgehead atoms. The first-order chi connectivity index (χ1) is 7.16. The van der Waals surface area contributed by atoms with Crippen molar-refractivity contribution in [3.8, 4) is 5.75 Å². The van der Waals surface area contributed by atoms with Crippen LogP contribution in [0.15, 0.2) is 18.2 Å². The molecule has 0 unspecified atom stereocenters. The zero-order valence-corrected chi connectivity index (χ0v) is 8.75. The molecule has 0 aromatic heterocycles. The Kier molecular flexibility index (Phi) is 2.79. The van der Waals surface area contributed by atoms with Crippen molar-refractivity contribution < 1.29 is 9.53 Å². The van der Waals surface area contributed by atoms with E-state index in [4.69, 9.17) is 22.1 Å². The lowest BCUT2D eigenvalue weighted by Gasteiger charge is -2.28. The molecular formula is C10H11ClN2O2. The van der Waals surface area contributed by atoms with Crippen LogP contribution in [0.1, 0.15) is 10.4 Å². The summed E-state index contributed by atoms with van der Waals surface area (Å²) in [6.45, 7) is 1.58. The average molecular weight is 227 g/mol. The van der Waals surface area contributed by atoms with Crippen LogP contribution in [-0.4, -0.2) is 25.1 Å². The number of hydrogen-bond donors (Lipinski definition) is 2. The van der Waals surface area contributed by atoms with E-state index < -0.39 is 5.91 Å². The lowest BCUT2D eigenvalue weighted by molar-refractivity contribution is 0.0984. The molecule has 4 nitrogen and oxygen atoms in total. The summed E-state index contributed by atoms with van der Waals surface area (Å²) in [5.41, 5.74) is 5.55. The van der Waals surface area contributed by atoms with Crippen molar-refractivity contribution in [2.45, 2.75) is 6.10 Å². The van der Waals surface area contributed by atoms with Crippen molar-refractivity contribution in [3.05, 3.63) is 28.8 Å². The number of rotatable bonds is 3. The van der Waals surface area contributed by atoms with Gasteiger partial charge in [0.05, 0.1) is 5.56 Å². The molecule has 5 heteroatoms. The third-order valence-electron chi connectivity index (χ3n) is 2.24. The highest BCUT2D eigenvalue weighted by atomic mass is 35.5. The number of benzene rings is 1. The second kappa shape index (κ2) is 4.08. The molecule has 1 saturated heterocycles. The highest BCUT2D eigenvalue weighted by Gasteiger charge is 2.20. The number of nitrogens with two attached hydrogens (primary N) is 1. The number of halogens is 1. The van der Waals surface area contributed by atoms with Gasteiger partial charge in [0.15, 0.2) is 0 Å². The van der Waals surface area contributed by atoms with Gasteiger partial charge in [0, 0.05) is 18.1 Å². The molecular weight excluding hydrogens is 216 g/mol. The Morgan fingerprint density at radius 2 is 2.27 bits per heavy atom. The Hall–Kier alpha value is -1.26. The van der Waals surface area contributed by atoms with E-state index >= 15 is 0 Å². The van der Waals surface area contributed by atoms with Gasteiger partial charge in [0.25, 0.3) is 5.91 Å². The second-order valence-electron chi connectivity index (χ2n) is 3.40. The van der Waals surface area contributed by atoms with Gasteiger partial charge < -0.3 is 15.8 Å². The fourth-order valence-corrected chi connectivity index (χ4v) is 1.49. The summed E-state index contributed by atoms with van der Waals surface area (Å²) in [7, 11) is 0. The van der Waals surface area contributed by atoms with Crippen molar-refractivity contribution in [2.75, 3.05) is 13.1 Å². The van der Waals surface area contributed by atoms with E-state index in [0.29, 0.717) is 16.3 Å². The smallest absolute Gasteiger partial charge is 0.252 e. The summed E-state index contributed by atoms with van der Waals surface area (Å²) in [5, 5.41) is 3.55. The Balaban J connectivity index is 2.23. The standard InChI is InChI=1S/C10H11ClN2O2/c11-6-1-2-9(8(3-6)10(12)14)15-7-4-13-5-7/h1-3,7,13H,4-5H2,(H2,12,14). The topological polar surface area (TPSA) is 64.4 Å². The van der Waals surface area contributed by atoms with Crippen molar-refractivity contribution in [1.29, 1.82) is 0 Å². The Morgan fingerprint density at radius 1 is 1.53 bits per heavy atom. The molecule has 1 fully saturated rings. The third-order valence-corrected chi connectivity index (χ3v) is 2.48. The highest BCUT2D eigenvalue weighted by molar-refractivity contribution is 6.31. The summed E-state index contributed by atoms with van der Waals surface area (Å²) in [6, 6.07) is 4.86. The number of amides is 1. The molecule has 1 amide bonds. The van der Waals surface area contributed by atoms with E-state index in [9.17, 15) is 4.79 Å². The van der Waals surface area contributed by atoms with Crippen LogP contribution in [0.5, 0.6) is 5.75 Å². The van der Waals surface area contributed by atoms with Crippen molar-refractivity contribution in [1.82, 2.24) is 5.32 Å². The first-order valence-electron chi connectivity index (χ1n) is 4.63. The van der Waals surface area contributed by atoms with Crippen LogP contribution in [0.2, 0.25) is 5.02 Å². The first kappa shape index (κ1) is 10.3. The van der Waals surface area contributed by atoms with Crippen LogP contribution in [0, 0.1) is 0 Å². The minimum Gasteiger partial charge on any atom is -0.487 e. The number of carbonyl (C=O) groups is 1. The molecule has 0 spiro atoms. The second-order valence-corrected chi connectivity index (χ2v) is 3.84. The first-order valence-corrected chi connectivity index (χ1v) is 5.01. The molecule has 0 aliphatic carbocycles. The average Bonchev–Trinajstić information content (AvgIpc) is 2.12. The zero-order valence-electron chi connectivity index (χ0n) is 8.00. The molecule has 15 heavy (non-hydrogen) atoms. The molecule has 3 N–H and O–H groups in total. The Labute approximate surface area is 92.4 Å². The minimum atomic E-state index is -0.528. The predicted octanol–water partition coefficient (Wildman–Crippen LogP) is 0.789. The number of ether oxygens (including phenoxy) is 1. The maximum atomic E-state index is 11.1. The summed E-state index contributed by atoms with van der Waals surface area (Å²) >= 11 is 5.77. The van der Waals surface area contributed by atoms with Gasteiger partial charge in [-0.05, 0) is 18.2 Å². The SMILES string of the molecule is NC(=O)c1cc(Cl)ccc1OC1CNC1. The fourth-order valence-electron chi connectivity index (χ4n) is 1.32. The summed E-state index contributed by atoms with van der Waals surface area (Å²) in [5.74, 6) is -0.0295. The third kappa shape index (κ3) is 2.22. The van der Waals surface area contributed by atoms with Crippen molar-refractivity contribution >= 4 is 17.5 Å². The van der Waals surface area contributed by atoms with Crippen molar-refractivity contribution in [3.63, 3.8) is 0 Å². The predicted molar refractivity (Wildman–Crippen MR) is 57.3 cm³/mol. The maximum Gasteiger partial charge on any atom is 0.252 e. The van der Waals surface area contributed by atoms with Crippen LogP contribution in [-0.2, 0) is 0 Å². The van der Waals surface area contributed by atoms with E-state index in [2.05, 4.69) is 5.32 Å². The molecule has 2 rings (SSSR count). The van der Waals surface area contributed by atoms with E-state index in [1.54, 1.807) is 12.1 Å². The van der Waals surface area contributed by atoms with E-state index in [1.807, 2.05) is 0 Å². The van der Waals surface area contributed by atoms with Crippen molar-refractivity contribution in [2.24, 2.45) is 5.73 Å². The molecule has 0 saturated carbocycles. The van der Waals surface area contributed by atoms with Crippen LogP contribution in [0.25, 0.3) is 0 Å². The van der Waals surface area contributed by atoms with Gasteiger partial charge in [0.2, 0.25) is 0 Å². The summed E-state index contributed by atoms with van der Waals surface area (Å²) in [6.07, 6.45) is 0.115. The number of nitrogens with one attached hydrogen (secondary N) is 1. The van der Waals surface area contributed by atoms with Crippen LogP contribution < -0.4 is 15.8 Å². The normalized spacial score (nSPS) is 15.8. The van der Waals surface area contributed by atoms with Gasteiger partial charge in [-0.15, -0.1) is 0 Å². The molecule has 1 aromatic carbocycles. The van der Waals surface area contributed by atoms with Crippen LogP contribution in [0.4, 0.5) is 0 Å². The molecule has 0 atom stereocenters. The fraction of sp³-hybridized carbons (Fsp3) is 0.300. The van der Waals surface area contributed by atoms with Gasteiger partial charge in [-0.25, -0.2) is 0 Å². The molecule has 80 valence electrons. The molecule has 0 radical (unpaired) electrons. The highest BCUT2D eigenvalue weighted by Crippen LogP contribution is 2.24. The van der Waals surface area contributed by atoms with Gasteiger partial charge >= 0.3 is 0 Å². The maximum absolute atomic E-state index is 11.1. The molecule has 1 heterocycles. The largest absolute Gasteiger partial charge is 0.487 e. The molecule has 1 aromatic rings. The summed E-state index contributed by atoms with van der Waals surface area (Å²) < 4.78 is 5.58. The van der Waals surface area contributed by atoms with Crippen LogP contribution >= 0.6 is 11.6 Å². The molecule has 1 aliphatic rings. The van der Waals surface area contributed by atoms with E-state index in [-0.39, 0.29) is 6.10 Å². The van der Waals surface area contributed by atoms with Gasteiger partial charge in [-0.3, -0.25) is 4.79 Å². The Bertz CT molecular complexity index is 391. The van der Waals surface area contributed by atoms with Gasteiger partial charge in [-0.1, -0.05) is 11.6 Å². The quantitative estimate of drug-likeness (QED) is 0.801. The lowest BCUT2D eigenvalue weighted by Crippen LogP contribution is -2.50. The molecule has 1 aliphatic heterocycles. The lowest BCUT2D eigenvalue weighted by atomic mass is 10.1. The van der Waals surface area contributed by atoms with Gasteiger partial charge in [-0.2, -0.15) is 0 Å². The van der Waals surface area contributed by atoms with Gasteiger partial charge in [0.1, 0.15) is 11.9 Å². The zero-order chi connectivity index (χ0) is 10.8. The number of carbonyl (C=O) groups excluding carboxylic acids is 1. The van der Waals surface area contributed by atoms with Crippen LogP contribution in [0.3, 0.4) is 0 Å². The number of primary amides is 1. The Morgan fingerprint density at radius 3 is 2.80 bits per heavy atom. The monoisotopic (exact) mass is 226 g/mol. The minimum absolute atomic E-state index is 0.115. The summed E-state index contributed by atoms with van der Waals surface area (Å²) in [4.78, 5) is 11.1. The van der Waals surface area contributed by atoms with E-state index in [0.717, 1.165) is 13.1 Å². The number of hydrogen-bond acceptors (Lipinski definition) is 3. The van der Waals surface area contributed by atoms with E-state index in [1.165, 1.54) is 6.07 Å².